The molecular formula is C68H58B2N4O2S. The highest BCUT2D eigenvalue weighted by Crippen LogP contribution is 2.51. The van der Waals surface area contributed by atoms with E-state index in [1.54, 1.807) is 0 Å². The third-order valence-corrected chi connectivity index (χ3v) is 19.0. The minimum atomic E-state index is -0.197. The minimum Gasteiger partial charge on any atom is -0.458 e. The van der Waals surface area contributed by atoms with Crippen molar-refractivity contribution in [2.45, 2.75) is 92.9 Å². The van der Waals surface area contributed by atoms with Crippen LogP contribution in [0.25, 0.3) is 32.6 Å². The molecule has 3 aromatic heterocycles. The molecule has 0 spiro atoms. The van der Waals surface area contributed by atoms with Crippen LogP contribution in [0.2, 0.25) is 0 Å². The van der Waals surface area contributed by atoms with Crippen LogP contribution in [0.5, 0.6) is 23.0 Å². The molecule has 15 rings (SSSR count). The third kappa shape index (κ3) is 6.75. The second-order valence-electron chi connectivity index (χ2n) is 23.9. The lowest BCUT2D eigenvalue weighted by molar-refractivity contribution is 0.330. The van der Waals surface area contributed by atoms with Gasteiger partial charge in [0.15, 0.2) is 0 Å². The number of anilines is 6. The SMILES string of the molecule is Cc1cc(C)c(-c2cc3c4c(n2)N(c2ccccc2)c2cc5c(cc2B4c2cc4c(cc2O3)C(C)(C)CCC4(C)C)B2c3sc4ccccc4c3Oc3cc(-c4c(C)cc(C)cc4C)nc(c32)N5c2ccccc2)c(C)c1. The van der Waals surface area contributed by atoms with Crippen molar-refractivity contribution in [1.82, 2.24) is 9.97 Å². The fourth-order valence-electron chi connectivity index (χ4n) is 14.3. The maximum absolute atomic E-state index is 7.47. The van der Waals surface area contributed by atoms with E-state index in [1.165, 1.54) is 70.4 Å². The van der Waals surface area contributed by atoms with Gasteiger partial charge in [-0.05, 0) is 164 Å². The predicted molar refractivity (Wildman–Crippen MR) is 324 cm³/mol. The third-order valence-electron chi connectivity index (χ3n) is 17.7. The Balaban J connectivity index is 1.08. The van der Waals surface area contributed by atoms with Gasteiger partial charge >= 0.3 is 0 Å². The van der Waals surface area contributed by atoms with Crippen LogP contribution < -0.4 is 51.4 Å². The molecular weight excluding hydrogens is 958 g/mol. The van der Waals surface area contributed by atoms with Crippen LogP contribution in [0.4, 0.5) is 34.4 Å². The summed E-state index contributed by atoms with van der Waals surface area (Å²) in [6, 6.07) is 54.0. The maximum atomic E-state index is 7.47. The van der Waals surface area contributed by atoms with E-state index in [2.05, 4.69) is 225 Å². The summed E-state index contributed by atoms with van der Waals surface area (Å²) in [5, 5.41) is 1.13. The molecule has 1 aliphatic carbocycles. The van der Waals surface area contributed by atoms with Crippen molar-refractivity contribution in [1.29, 1.82) is 0 Å². The molecule has 0 atom stereocenters. The summed E-state index contributed by atoms with van der Waals surface area (Å²) >= 11 is 1.84. The molecule has 0 unspecified atom stereocenters. The van der Waals surface area contributed by atoms with Gasteiger partial charge in [-0.25, -0.2) is 9.97 Å². The number of pyridine rings is 2. The summed E-state index contributed by atoms with van der Waals surface area (Å²) in [5.41, 5.74) is 24.1. The summed E-state index contributed by atoms with van der Waals surface area (Å²) in [4.78, 5) is 16.6. The molecule has 5 aliphatic rings. The van der Waals surface area contributed by atoms with Crippen LogP contribution in [0, 0.1) is 41.5 Å². The molecule has 0 saturated heterocycles. The maximum Gasteiger partial charge on any atom is 0.271 e. The number of rotatable bonds is 4. The van der Waals surface area contributed by atoms with Gasteiger partial charge in [0.25, 0.3) is 13.4 Å². The Kier molecular flexibility index (Phi) is 9.85. The van der Waals surface area contributed by atoms with Crippen molar-refractivity contribution >= 4 is 101 Å². The number of ether oxygens (including phenoxy) is 2. The average Bonchev–Trinajstić information content (AvgIpc) is 4.02. The Morgan fingerprint density at radius 2 is 0.961 bits per heavy atom. The molecule has 4 aliphatic heterocycles. The highest BCUT2D eigenvalue weighted by atomic mass is 32.1. The van der Waals surface area contributed by atoms with Crippen molar-refractivity contribution in [3.8, 4) is 45.5 Å². The van der Waals surface area contributed by atoms with Crippen molar-refractivity contribution in [3.05, 3.63) is 190 Å². The smallest absolute Gasteiger partial charge is 0.271 e. The van der Waals surface area contributed by atoms with Crippen LogP contribution in [-0.2, 0) is 10.8 Å². The van der Waals surface area contributed by atoms with Crippen molar-refractivity contribution < 1.29 is 9.47 Å². The van der Waals surface area contributed by atoms with E-state index in [0.29, 0.717) is 0 Å². The average molecular weight is 1020 g/mol. The largest absolute Gasteiger partial charge is 0.458 e. The van der Waals surface area contributed by atoms with E-state index >= 15 is 0 Å². The Labute approximate surface area is 456 Å². The zero-order valence-corrected chi connectivity index (χ0v) is 46.3. The van der Waals surface area contributed by atoms with Gasteiger partial charge < -0.3 is 9.47 Å². The van der Waals surface area contributed by atoms with Crippen molar-refractivity contribution in [2.75, 3.05) is 9.80 Å². The number of thiophene rings is 1. The van der Waals surface area contributed by atoms with Gasteiger partial charge in [0.05, 0.1) is 11.4 Å². The molecule has 0 radical (unpaired) electrons. The lowest BCUT2D eigenvalue weighted by Crippen LogP contribution is -2.64. The number of para-hydroxylation sites is 2. The molecule has 7 aromatic carbocycles. The molecule has 0 bridgehead atoms. The Bertz CT molecular complexity index is 4180. The van der Waals surface area contributed by atoms with Gasteiger partial charge in [0.2, 0.25) is 0 Å². The number of benzene rings is 7. The van der Waals surface area contributed by atoms with Gasteiger partial charge in [0, 0.05) is 71.8 Å². The second-order valence-corrected chi connectivity index (χ2v) is 25.0. The van der Waals surface area contributed by atoms with Crippen LogP contribution >= 0.6 is 11.3 Å². The number of fused-ring (bicyclic) bond motifs is 11. The normalized spacial score (nSPS) is 15.6. The molecule has 7 heterocycles. The summed E-state index contributed by atoms with van der Waals surface area (Å²) in [6.45, 7) is 22.5. The molecule has 10 aromatic rings. The van der Waals surface area contributed by atoms with E-state index in [1.807, 2.05) is 11.3 Å². The van der Waals surface area contributed by atoms with Crippen LogP contribution in [0.1, 0.15) is 85.0 Å². The highest BCUT2D eigenvalue weighted by molar-refractivity contribution is 7.33. The van der Waals surface area contributed by atoms with Gasteiger partial charge in [-0.15, -0.1) is 11.3 Å². The molecule has 9 heteroatoms. The molecule has 0 saturated carbocycles. The molecule has 77 heavy (non-hydrogen) atoms. The lowest BCUT2D eigenvalue weighted by atomic mass is 9.32. The summed E-state index contributed by atoms with van der Waals surface area (Å²) in [6.07, 6.45) is 2.23. The fraction of sp³-hybridized carbons (Fsp3) is 0.206. The van der Waals surface area contributed by atoms with Crippen molar-refractivity contribution in [3.63, 3.8) is 0 Å². The predicted octanol–water partition coefficient (Wildman–Crippen LogP) is 14.0. The zero-order valence-electron chi connectivity index (χ0n) is 45.4. The molecule has 0 fully saturated rings. The second kappa shape index (κ2) is 16.3. The van der Waals surface area contributed by atoms with E-state index in [0.717, 1.165) is 109 Å². The number of hydrogen-bond acceptors (Lipinski definition) is 7. The van der Waals surface area contributed by atoms with E-state index < -0.39 is 0 Å². The lowest BCUT2D eigenvalue weighted by Gasteiger charge is -2.45. The molecule has 0 N–H and O–H groups in total. The van der Waals surface area contributed by atoms with Crippen LogP contribution in [-0.4, -0.2) is 23.4 Å². The number of aromatic nitrogens is 2. The van der Waals surface area contributed by atoms with Gasteiger partial charge in [-0.1, -0.05) is 124 Å². The van der Waals surface area contributed by atoms with Crippen LogP contribution in [0.15, 0.2) is 146 Å². The fourth-order valence-corrected chi connectivity index (χ4v) is 15.5. The first-order valence-electron chi connectivity index (χ1n) is 27.3. The molecule has 6 nitrogen and oxygen atoms in total. The quantitative estimate of drug-likeness (QED) is 0.164. The number of aryl methyl sites for hydroxylation is 6. The molecule has 374 valence electrons. The standard InChI is InChI=1S/C68H58B2N4O2S/c1-37-27-39(3)59(40(4)28-37)51-34-56-61-65(71-51)73(43-19-13-11-14-20-43)53-36-54-49(33-48(53)69(61)50-31-46-47(32-55(50)75-56)68(9,10)26-25-67(46,7)8)70-62-57(76-63-45-23-17-18-24-58(45)77-64(63)70)35-52(60-41(5)29-38(2)30-42(60)6)72-66(62)74(54)44-21-15-12-16-22-44/h11-24,27-36H,25-26H2,1-10H3. The van der Waals surface area contributed by atoms with Gasteiger partial charge in [-0.3, -0.25) is 9.80 Å². The summed E-state index contributed by atoms with van der Waals surface area (Å²) in [7, 11) is 0. The number of nitrogens with zero attached hydrogens (tertiary/aromatic N) is 4. The topological polar surface area (TPSA) is 50.7 Å². The van der Waals surface area contributed by atoms with E-state index in [4.69, 9.17) is 19.4 Å². The highest BCUT2D eigenvalue weighted by Gasteiger charge is 2.50. The summed E-state index contributed by atoms with van der Waals surface area (Å²) < 4.78 is 17.2. The first-order valence-corrected chi connectivity index (χ1v) is 28.1. The van der Waals surface area contributed by atoms with Gasteiger partial charge in [-0.2, -0.15) is 0 Å². The zero-order chi connectivity index (χ0) is 52.6. The van der Waals surface area contributed by atoms with Gasteiger partial charge in [0.1, 0.15) is 34.6 Å². The first-order chi connectivity index (χ1) is 37.1. The molecule has 0 amide bonds. The van der Waals surface area contributed by atoms with E-state index in [9.17, 15) is 0 Å². The van der Waals surface area contributed by atoms with Crippen molar-refractivity contribution in [2.24, 2.45) is 0 Å². The number of hydrogen-bond donors (Lipinski definition) is 0. The monoisotopic (exact) mass is 1020 g/mol. The summed E-state index contributed by atoms with van der Waals surface area (Å²) in [5.74, 6) is 5.33. The Hall–Kier alpha value is -7.87. The Morgan fingerprint density at radius 1 is 0.481 bits per heavy atom. The Morgan fingerprint density at radius 3 is 1.52 bits per heavy atom. The van der Waals surface area contributed by atoms with Crippen LogP contribution in [0.3, 0.4) is 0 Å². The first kappa shape index (κ1) is 46.4. The van der Waals surface area contributed by atoms with E-state index in [-0.39, 0.29) is 24.3 Å². The minimum absolute atomic E-state index is 0.0103.